The molecule has 0 spiro atoms. The van der Waals surface area contributed by atoms with Gasteiger partial charge in [0.25, 0.3) is 17.7 Å². The standard InChI is InChI=1S/C26H23N5O3/c1-16(24(32)28-29-25(33)17-8-7-13-27-14-17)31-23(19-10-3-4-11-20(19)26(31)34)21-15-30(2)22-12-6-5-9-18(21)22/h3-16,23H,1-2H3,(H,28,32)(H,29,33)/t16-,23+/m1/s1. The number of para-hydroxylation sites is 1. The number of pyridine rings is 1. The summed E-state index contributed by atoms with van der Waals surface area (Å²) in [5.74, 6) is -1.21. The molecule has 0 unspecified atom stereocenters. The molecular formula is C26H23N5O3. The van der Waals surface area contributed by atoms with E-state index in [2.05, 4.69) is 15.8 Å². The molecule has 2 aromatic carbocycles. The molecule has 0 saturated heterocycles. The minimum atomic E-state index is -0.849. The highest BCUT2D eigenvalue weighted by molar-refractivity contribution is 6.03. The molecule has 170 valence electrons. The smallest absolute Gasteiger partial charge is 0.271 e. The van der Waals surface area contributed by atoms with Gasteiger partial charge in [-0.2, -0.15) is 0 Å². The number of amides is 3. The topological polar surface area (TPSA) is 96.3 Å². The van der Waals surface area contributed by atoms with Crippen molar-refractivity contribution in [3.05, 3.63) is 102 Å². The Kier molecular flexibility index (Phi) is 5.33. The SMILES string of the molecule is C[C@H](C(=O)NNC(=O)c1cccnc1)N1C(=O)c2ccccc2[C@H]1c1cn(C)c2ccccc12. The average Bonchev–Trinajstić information content (AvgIpc) is 3.36. The van der Waals surface area contributed by atoms with Crippen LogP contribution < -0.4 is 10.9 Å². The summed E-state index contributed by atoms with van der Waals surface area (Å²) in [5.41, 5.74) is 8.57. The van der Waals surface area contributed by atoms with E-state index in [-0.39, 0.29) is 5.91 Å². The number of aromatic nitrogens is 2. The second-order valence-corrected chi connectivity index (χ2v) is 8.28. The van der Waals surface area contributed by atoms with E-state index in [1.807, 2.05) is 60.3 Å². The van der Waals surface area contributed by atoms with Crippen molar-refractivity contribution in [1.82, 2.24) is 25.3 Å². The maximum absolute atomic E-state index is 13.5. The fourth-order valence-corrected chi connectivity index (χ4v) is 4.56. The predicted octanol–water partition coefficient (Wildman–Crippen LogP) is 2.97. The Morgan fingerprint density at radius 3 is 2.53 bits per heavy atom. The number of aryl methyl sites for hydroxylation is 1. The lowest BCUT2D eigenvalue weighted by Crippen LogP contribution is -2.52. The second-order valence-electron chi connectivity index (χ2n) is 8.28. The van der Waals surface area contributed by atoms with Crippen LogP contribution in [-0.4, -0.2) is 38.2 Å². The number of benzene rings is 2. The minimum Gasteiger partial charge on any atom is -0.350 e. The van der Waals surface area contributed by atoms with Gasteiger partial charge in [-0.25, -0.2) is 0 Å². The van der Waals surface area contributed by atoms with Crippen LogP contribution in [0.25, 0.3) is 10.9 Å². The van der Waals surface area contributed by atoms with E-state index in [4.69, 9.17) is 0 Å². The van der Waals surface area contributed by atoms with E-state index in [0.717, 1.165) is 22.0 Å². The summed E-state index contributed by atoms with van der Waals surface area (Å²) < 4.78 is 2.02. The van der Waals surface area contributed by atoms with Gasteiger partial charge >= 0.3 is 0 Å². The van der Waals surface area contributed by atoms with Gasteiger partial charge in [0.2, 0.25) is 0 Å². The maximum Gasteiger partial charge on any atom is 0.271 e. The number of nitrogens with zero attached hydrogens (tertiary/aromatic N) is 3. The number of hydrogen-bond donors (Lipinski definition) is 2. The summed E-state index contributed by atoms with van der Waals surface area (Å²) in [7, 11) is 1.96. The summed E-state index contributed by atoms with van der Waals surface area (Å²) in [6.45, 7) is 1.66. The minimum absolute atomic E-state index is 0.227. The van der Waals surface area contributed by atoms with Gasteiger partial charge in [0.15, 0.2) is 0 Å². The summed E-state index contributed by atoms with van der Waals surface area (Å²) in [4.78, 5) is 44.3. The molecule has 5 rings (SSSR count). The number of rotatable bonds is 4. The van der Waals surface area contributed by atoms with Crippen molar-refractivity contribution in [3.8, 4) is 0 Å². The number of fused-ring (bicyclic) bond motifs is 2. The van der Waals surface area contributed by atoms with Crippen LogP contribution in [0.2, 0.25) is 0 Å². The Balaban J connectivity index is 1.47. The fraction of sp³-hybridized carbons (Fsp3) is 0.154. The third kappa shape index (κ3) is 3.49. The van der Waals surface area contributed by atoms with Gasteiger partial charge in [0, 0.05) is 47.7 Å². The summed E-state index contributed by atoms with van der Waals surface area (Å²) in [6.07, 6.45) is 4.97. The van der Waals surface area contributed by atoms with Crippen LogP contribution in [-0.2, 0) is 11.8 Å². The zero-order valence-electron chi connectivity index (χ0n) is 18.7. The van der Waals surface area contributed by atoms with Crippen LogP contribution in [0.3, 0.4) is 0 Å². The van der Waals surface area contributed by atoms with Gasteiger partial charge in [-0.1, -0.05) is 36.4 Å². The highest BCUT2D eigenvalue weighted by Gasteiger charge is 2.43. The first-order valence-corrected chi connectivity index (χ1v) is 10.9. The number of nitrogens with one attached hydrogen (secondary N) is 2. The molecule has 4 aromatic rings. The molecule has 0 aliphatic carbocycles. The Morgan fingerprint density at radius 1 is 0.971 bits per heavy atom. The lowest BCUT2D eigenvalue weighted by molar-refractivity contribution is -0.126. The molecule has 8 nitrogen and oxygen atoms in total. The first-order valence-electron chi connectivity index (χ1n) is 10.9. The molecule has 0 radical (unpaired) electrons. The van der Waals surface area contributed by atoms with E-state index < -0.39 is 23.9 Å². The van der Waals surface area contributed by atoms with Crippen molar-refractivity contribution in [3.63, 3.8) is 0 Å². The third-order valence-corrected chi connectivity index (χ3v) is 6.24. The van der Waals surface area contributed by atoms with Crippen molar-refractivity contribution in [2.45, 2.75) is 19.0 Å². The van der Waals surface area contributed by atoms with Crippen molar-refractivity contribution in [2.75, 3.05) is 0 Å². The van der Waals surface area contributed by atoms with Crippen molar-refractivity contribution >= 4 is 28.6 Å². The summed E-state index contributed by atoms with van der Waals surface area (Å²) >= 11 is 0. The Morgan fingerprint density at radius 2 is 1.74 bits per heavy atom. The Labute approximate surface area is 196 Å². The number of carbonyl (C=O) groups excluding carboxylic acids is 3. The van der Waals surface area contributed by atoms with Gasteiger partial charge in [-0.05, 0) is 36.8 Å². The van der Waals surface area contributed by atoms with Gasteiger partial charge < -0.3 is 9.47 Å². The summed E-state index contributed by atoms with van der Waals surface area (Å²) in [5, 5.41) is 1.02. The largest absolute Gasteiger partial charge is 0.350 e. The second kappa shape index (κ2) is 8.47. The third-order valence-electron chi connectivity index (χ3n) is 6.24. The van der Waals surface area contributed by atoms with Crippen LogP contribution in [0.5, 0.6) is 0 Å². The molecule has 2 N–H and O–H groups in total. The van der Waals surface area contributed by atoms with Crippen LogP contribution in [0, 0.1) is 0 Å². The molecule has 0 saturated carbocycles. The van der Waals surface area contributed by atoms with Crippen molar-refractivity contribution < 1.29 is 14.4 Å². The van der Waals surface area contributed by atoms with Crippen LogP contribution >= 0.6 is 0 Å². The first-order chi connectivity index (χ1) is 16.5. The molecular weight excluding hydrogens is 430 g/mol. The van der Waals surface area contributed by atoms with Crippen LogP contribution in [0.15, 0.2) is 79.3 Å². The normalized spacial score (nSPS) is 15.8. The van der Waals surface area contributed by atoms with E-state index in [1.165, 1.54) is 6.20 Å². The van der Waals surface area contributed by atoms with E-state index in [1.54, 1.807) is 36.2 Å². The van der Waals surface area contributed by atoms with Gasteiger partial charge in [0.05, 0.1) is 11.6 Å². The number of hydrogen-bond acceptors (Lipinski definition) is 4. The fourth-order valence-electron chi connectivity index (χ4n) is 4.56. The lowest BCUT2D eigenvalue weighted by atomic mass is 9.97. The zero-order chi connectivity index (χ0) is 23.8. The summed E-state index contributed by atoms with van der Waals surface area (Å²) in [6, 6.07) is 17.3. The predicted molar refractivity (Wildman–Crippen MR) is 127 cm³/mol. The van der Waals surface area contributed by atoms with Crippen molar-refractivity contribution in [2.24, 2.45) is 7.05 Å². The van der Waals surface area contributed by atoms with Crippen LogP contribution in [0.4, 0.5) is 0 Å². The number of carbonyl (C=O) groups is 3. The Bertz CT molecular complexity index is 1410. The quantitative estimate of drug-likeness (QED) is 0.465. The molecule has 34 heavy (non-hydrogen) atoms. The lowest BCUT2D eigenvalue weighted by Gasteiger charge is -2.30. The molecule has 0 fully saturated rings. The van der Waals surface area contributed by atoms with Crippen LogP contribution in [0.1, 0.15) is 44.8 Å². The van der Waals surface area contributed by atoms with Gasteiger partial charge in [0.1, 0.15) is 6.04 Å². The highest BCUT2D eigenvalue weighted by Crippen LogP contribution is 2.42. The molecule has 2 atom stereocenters. The molecule has 3 heterocycles. The van der Waals surface area contributed by atoms with Gasteiger partial charge in [-0.3, -0.25) is 30.2 Å². The zero-order valence-corrected chi connectivity index (χ0v) is 18.7. The molecule has 2 aromatic heterocycles. The molecule has 1 aliphatic rings. The first kappa shape index (κ1) is 21.4. The average molecular weight is 454 g/mol. The molecule has 0 bridgehead atoms. The monoisotopic (exact) mass is 453 g/mol. The molecule has 1 aliphatic heterocycles. The highest BCUT2D eigenvalue weighted by atomic mass is 16.2. The van der Waals surface area contributed by atoms with E-state index in [9.17, 15) is 14.4 Å². The van der Waals surface area contributed by atoms with E-state index in [0.29, 0.717) is 11.1 Å². The van der Waals surface area contributed by atoms with Crippen molar-refractivity contribution in [1.29, 1.82) is 0 Å². The maximum atomic E-state index is 13.5. The Hall–Kier alpha value is -4.46. The number of hydrazine groups is 1. The molecule has 8 heteroatoms. The van der Waals surface area contributed by atoms with Gasteiger partial charge in [-0.15, -0.1) is 0 Å². The van der Waals surface area contributed by atoms with E-state index >= 15 is 0 Å². The molecule has 3 amide bonds.